The van der Waals surface area contributed by atoms with Crippen molar-refractivity contribution in [2.75, 3.05) is 5.32 Å². The molecule has 0 bridgehead atoms. The van der Waals surface area contributed by atoms with Crippen molar-refractivity contribution in [2.24, 2.45) is 7.05 Å². The molecule has 0 aliphatic heterocycles. The van der Waals surface area contributed by atoms with Gasteiger partial charge in [-0.05, 0) is 28.1 Å². The van der Waals surface area contributed by atoms with Gasteiger partial charge < -0.3 is 5.32 Å². The van der Waals surface area contributed by atoms with E-state index in [1.807, 2.05) is 18.2 Å². The van der Waals surface area contributed by atoms with Crippen LogP contribution in [0.25, 0.3) is 21.7 Å². The zero-order chi connectivity index (χ0) is 19.0. The van der Waals surface area contributed by atoms with Crippen molar-refractivity contribution in [1.82, 2.24) is 29.3 Å². The van der Waals surface area contributed by atoms with Crippen LogP contribution in [0.5, 0.6) is 0 Å². The van der Waals surface area contributed by atoms with Crippen molar-refractivity contribution in [3.05, 3.63) is 51.1 Å². The molecular formula is C16H12BrN7O2S. The monoisotopic (exact) mass is 445 g/mol. The second kappa shape index (κ2) is 7.00. The van der Waals surface area contributed by atoms with Gasteiger partial charge in [0.15, 0.2) is 5.65 Å². The molecule has 0 atom stereocenters. The Hall–Kier alpha value is -2.92. The lowest BCUT2D eigenvalue weighted by Crippen LogP contribution is -2.28. The Morgan fingerprint density at radius 2 is 2.19 bits per heavy atom. The van der Waals surface area contributed by atoms with Crippen molar-refractivity contribution in [2.45, 2.75) is 6.54 Å². The molecule has 27 heavy (non-hydrogen) atoms. The van der Waals surface area contributed by atoms with Gasteiger partial charge in [0.25, 0.3) is 5.56 Å². The van der Waals surface area contributed by atoms with E-state index in [1.54, 1.807) is 18.6 Å². The van der Waals surface area contributed by atoms with Crippen molar-refractivity contribution < 1.29 is 4.79 Å². The van der Waals surface area contributed by atoms with Crippen LogP contribution in [0.2, 0.25) is 0 Å². The molecule has 0 aliphatic carbocycles. The first-order valence-corrected chi connectivity index (χ1v) is 9.44. The summed E-state index contributed by atoms with van der Waals surface area (Å²) in [6, 6.07) is 5.54. The quantitative estimate of drug-likeness (QED) is 0.514. The number of pyridine rings is 1. The first-order chi connectivity index (χ1) is 13.0. The second-order valence-corrected chi connectivity index (χ2v) is 7.20. The number of hydrogen-bond donors (Lipinski definition) is 1. The number of carbonyl (C=O) groups excluding carboxylic acids is 1. The van der Waals surface area contributed by atoms with Crippen LogP contribution < -0.4 is 10.9 Å². The van der Waals surface area contributed by atoms with Crippen LogP contribution in [0.3, 0.4) is 0 Å². The van der Waals surface area contributed by atoms with Crippen LogP contribution >= 0.6 is 27.3 Å². The van der Waals surface area contributed by atoms with Crippen molar-refractivity contribution in [1.29, 1.82) is 0 Å². The van der Waals surface area contributed by atoms with Gasteiger partial charge in [-0.1, -0.05) is 6.07 Å². The van der Waals surface area contributed by atoms with Gasteiger partial charge in [-0.25, -0.2) is 14.6 Å². The SMILES string of the molecule is Cn1nc(Br)c2c(=O)n(CC(=O)Nc3csc(-c4ccccn4)n3)cnc21. The smallest absolute Gasteiger partial charge is 0.266 e. The number of hydrogen-bond acceptors (Lipinski definition) is 7. The summed E-state index contributed by atoms with van der Waals surface area (Å²) < 4.78 is 3.13. The third-order valence-electron chi connectivity index (χ3n) is 3.74. The largest absolute Gasteiger partial charge is 0.308 e. The highest BCUT2D eigenvalue weighted by Crippen LogP contribution is 2.23. The molecule has 4 aromatic rings. The van der Waals surface area contributed by atoms with Crippen LogP contribution in [-0.2, 0) is 18.4 Å². The molecular weight excluding hydrogens is 434 g/mol. The van der Waals surface area contributed by atoms with E-state index < -0.39 is 0 Å². The molecule has 0 unspecified atom stereocenters. The lowest BCUT2D eigenvalue weighted by molar-refractivity contribution is -0.116. The highest BCUT2D eigenvalue weighted by Gasteiger charge is 2.15. The molecule has 0 aromatic carbocycles. The number of nitrogens with one attached hydrogen (secondary N) is 1. The van der Waals surface area contributed by atoms with Crippen molar-refractivity contribution in [3.8, 4) is 10.7 Å². The molecule has 0 saturated carbocycles. The Morgan fingerprint density at radius 3 is 2.96 bits per heavy atom. The number of nitrogens with zero attached hydrogens (tertiary/aromatic N) is 6. The number of amides is 1. The van der Waals surface area contributed by atoms with Crippen LogP contribution in [0.4, 0.5) is 5.82 Å². The summed E-state index contributed by atoms with van der Waals surface area (Å²) in [4.78, 5) is 37.7. The fraction of sp³-hybridized carbons (Fsp3) is 0.125. The van der Waals surface area contributed by atoms with Gasteiger partial charge in [0.05, 0.1) is 5.69 Å². The maximum Gasteiger partial charge on any atom is 0.266 e. The fourth-order valence-electron chi connectivity index (χ4n) is 2.52. The first kappa shape index (κ1) is 17.5. The number of anilines is 1. The molecule has 0 fully saturated rings. The molecule has 1 N–H and O–H groups in total. The van der Waals surface area contributed by atoms with Gasteiger partial charge in [0.1, 0.15) is 33.7 Å². The van der Waals surface area contributed by atoms with Gasteiger partial charge >= 0.3 is 0 Å². The molecule has 4 aromatic heterocycles. The van der Waals surface area contributed by atoms with Gasteiger partial charge in [-0.2, -0.15) is 5.10 Å². The minimum Gasteiger partial charge on any atom is -0.308 e. The first-order valence-electron chi connectivity index (χ1n) is 7.77. The summed E-state index contributed by atoms with van der Waals surface area (Å²) in [5.41, 5.74) is 0.834. The third kappa shape index (κ3) is 3.38. The Kier molecular flexibility index (Phi) is 4.54. The molecule has 4 heterocycles. The Bertz CT molecular complexity index is 1200. The van der Waals surface area contributed by atoms with Gasteiger partial charge in [-0.3, -0.25) is 19.1 Å². The summed E-state index contributed by atoms with van der Waals surface area (Å²) in [5.74, 6) is 0.0337. The number of halogens is 1. The summed E-state index contributed by atoms with van der Waals surface area (Å²) in [7, 11) is 1.69. The summed E-state index contributed by atoms with van der Waals surface area (Å²) in [6.07, 6.45) is 3.01. The predicted octanol–water partition coefficient (Wildman–Crippen LogP) is 2.05. The van der Waals surface area contributed by atoms with E-state index in [1.165, 1.54) is 26.9 Å². The third-order valence-corrected chi connectivity index (χ3v) is 5.16. The Labute approximate surface area is 164 Å². The fourth-order valence-corrected chi connectivity index (χ4v) is 3.84. The van der Waals surface area contributed by atoms with E-state index in [0.29, 0.717) is 26.5 Å². The number of aromatic nitrogens is 6. The van der Waals surface area contributed by atoms with Gasteiger partial charge in [0.2, 0.25) is 5.91 Å². The number of thiazole rings is 1. The minimum atomic E-state index is -0.379. The molecule has 136 valence electrons. The predicted molar refractivity (Wildman–Crippen MR) is 104 cm³/mol. The average Bonchev–Trinajstić information content (AvgIpc) is 3.23. The van der Waals surface area contributed by atoms with Crippen molar-refractivity contribution in [3.63, 3.8) is 0 Å². The summed E-state index contributed by atoms with van der Waals surface area (Å²) in [5, 5.41) is 9.56. The normalized spacial score (nSPS) is 11.0. The molecule has 0 spiro atoms. The highest BCUT2D eigenvalue weighted by atomic mass is 79.9. The molecule has 9 nitrogen and oxygen atoms in total. The lowest BCUT2D eigenvalue weighted by atomic mass is 10.4. The maximum atomic E-state index is 12.6. The van der Waals surface area contributed by atoms with Crippen LogP contribution in [0.15, 0.2) is 45.5 Å². The van der Waals surface area contributed by atoms with E-state index >= 15 is 0 Å². The van der Waals surface area contributed by atoms with Crippen LogP contribution in [-0.4, -0.2) is 35.2 Å². The zero-order valence-electron chi connectivity index (χ0n) is 14.0. The Balaban J connectivity index is 1.53. The lowest BCUT2D eigenvalue weighted by Gasteiger charge is -2.05. The van der Waals surface area contributed by atoms with Gasteiger partial charge in [0, 0.05) is 18.6 Å². The zero-order valence-corrected chi connectivity index (χ0v) is 16.4. The van der Waals surface area contributed by atoms with Gasteiger partial charge in [-0.15, -0.1) is 11.3 Å². The number of carbonyl (C=O) groups is 1. The molecule has 0 saturated heterocycles. The standard InChI is InChI=1S/C16H12BrN7O2S/c1-23-14-12(13(17)22-23)16(26)24(8-19-14)6-11(25)20-10-7-27-15(21-10)9-4-2-3-5-18-9/h2-5,7-8H,6H2,1H3,(H,20,25). The summed E-state index contributed by atoms with van der Waals surface area (Å²) in [6.45, 7) is -0.181. The molecule has 4 rings (SSSR count). The van der Waals surface area contributed by atoms with Crippen LogP contribution in [0.1, 0.15) is 0 Å². The average molecular weight is 446 g/mol. The van der Waals surface area contributed by atoms with E-state index in [2.05, 4.69) is 41.3 Å². The van der Waals surface area contributed by atoms with E-state index in [9.17, 15) is 9.59 Å². The highest BCUT2D eigenvalue weighted by molar-refractivity contribution is 9.10. The van der Waals surface area contributed by atoms with E-state index in [-0.39, 0.29) is 18.0 Å². The van der Waals surface area contributed by atoms with Crippen molar-refractivity contribution >= 4 is 50.0 Å². The topological polar surface area (TPSA) is 108 Å². The van der Waals surface area contributed by atoms with Crippen LogP contribution in [0, 0.1) is 0 Å². The molecule has 0 aliphatic rings. The number of fused-ring (bicyclic) bond motifs is 1. The summed E-state index contributed by atoms with van der Waals surface area (Å²) >= 11 is 4.62. The maximum absolute atomic E-state index is 12.6. The number of rotatable bonds is 4. The second-order valence-electron chi connectivity index (χ2n) is 5.59. The number of aryl methyl sites for hydroxylation is 1. The minimum absolute atomic E-state index is 0.181. The van der Waals surface area contributed by atoms with E-state index in [4.69, 9.17) is 0 Å². The molecule has 1 amide bonds. The molecule has 11 heteroatoms. The Morgan fingerprint density at radius 1 is 1.33 bits per heavy atom. The molecule has 0 radical (unpaired) electrons. The van der Waals surface area contributed by atoms with E-state index in [0.717, 1.165) is 5.69 Å².